The molecule has 0 unspecified atom stereocenters. The number of hydrogen-bond donors (Lipinski definition) is 0. The van der Waals surface area contributed by atoms with E-state index in [1.807, 2.05) is 0 Å². The van der Waals surface area contributed by atoms with E-state index in [0.717, 1.165) is 88.4 Å². The molecule has 0 saturated heterocycles. The Hall–Kier alpha value is -6.64. The van der Waals surface area contributed by atoms with Crippen molar-refractivity contribution in [1.82, 2.24) is 0 Å². The highest BCUT2D eigenvalue weighted by Gasteiger charge is 2.25. The molecule has 0 fully saturated rings. The third-order valence-electron chi connectivity index (χ3n) is 9.84. The average Bonchev–Trinajstić information content (AvgIpc) is 3.76. The summed E-state index contributed by atoms with van der Waals surface area (Å²) < 4.78 is 14.1. The fourth-order valence-electron chi connectivity index (χ4n) is 7.47. The van der Waals surface area contributed by atoms with Crippen LogP contribution in [0.15, 0.2) is 191 Å². The van der Waals surface area contributed by atoms with Crippen LogP contribution in [0.5, 0.6) is 0 Å². The molecule has 234 valence electrons. The minimum atomic E-state index is 0.824. The molecular formula is C48H30O2. The van der Waals surface area contributed by atoms with Gasteiger partial charge in [0, 0.05) is 32.7 Å². The molecule has 0 spiro atoms. The maximum atomic E-state index is 7.07. The van der Waals surface area contributed by atoms with Crippen LogP contribution in [0.3, 0.4) is 0 Å². The molecule has 0 bridgehead atoms. The summed E-state index contributed by atoms with van der Waals surface area (Å²) in [6, 6.07) is 64.2. The van der Waals surface area contributed by atoms with Crippen LogP contribution in [0.1, 0.15) is 0 Å². The van der Waals surface area contributed by atoms with Gasteiger partial charge >= 0.3 is 0 Å². The first-order valence-corrected chi connectivity index (χ1v) is 17.0. The van der Waals surface area contributed by atoms with Gasteiger partial charge in [-0.2, -0.15) is 0 Å². The molecule has 2 nitrogen and oxygen atoms in total. The largest absolute Gasteiger partial charge is 0.455 e. The van der Waals surface area contributed by atoms with E-state index in [4.69, 9.17) is 8.83 Å². The summed E-state index contributed by atoms with van der Waals surface area (Å²) in [5.41, 5.74) is 14.4. The van der Waals surface area contributed by atoms with Crippen LogP contribution in [-0.4, -0.2) is 0 Å². The van der Waals surface area contributed by atoms with Crippen LogP contribution in [0.2, 0.25) is 0 Å². The van der Waals surface area contributed by atoms with Crippen LogP contribution in [-0.2, 0) is 0 Å². The third kappa shape index (κ3) is 4.57. The SMILES string of the molecule is c1ccc(-c2cc(-c3ccccc3)c3oc4c(-c5ccccc5)c5oc6c(-c7ccccc7)cc(-c7ccccc7)cc6c5cc4c3c2)cc1. The Morgan fingerprint density at radius 2 is 0.560 bits per heavy atom. The van der Waals surface area contributed by atoms with E-state index in [9.17, 15) is 0 Å². The van der Waals surface area contributed by atoms with Crippen molar-refractivity contribution in [3.8, 4) is 55.6 Å². The zero-order valence-corrected chi connectivity index (χ0v) is 27.1. The zero-order valence-electron chi connectivity index (χ0n) is 27.1. The van der Waals surface area contributed by atoms with E-state index >= 15 is 0 Å². The normalized spacial score (nSPS) is 11.6. The van der Waals surface area contributed by atoms with Gasteiger partial charge in [-0.05, 0) is 69.3 Å². The summed E-state index contributed by atoms with van der Waals surface area (Å²) in [4.78, 5) is 0. The fraction of sp³-hybridized carbons (Fsp3) is 0. The highest BCUT2D eigenvalue weighted by Crippen LogP contribution is 2.49. The molecule has 0 radical (unpaired) electrons. The van der Waals surface area contributed by atoms with Crippen LogP contribution < -0.4 is 0 Å². The minimum absolute atomic E-state index is 0.824. The van der Waals surface area contributed by atoms with Crippen molar-refractivity contribution >= 4 is 43.9 Å². The first-order chi connectivity index (χ1) is 24.8. The average molecular weight is 639 g/mol. The van der Waals surface area contributed by atoms with Crippen molar-refractivity contribution in [1.29, 1.82) is 0 Å². The van der Waals surface area contributed by atoms with Crippen LogP contribution in [0.4, 0.5) is 0 Å². The highest BCUT2D eigenvalue weighted by molar-refractivity contribution is 6.24. The fourth-order valence-corrected chi connectivity index (χ4v) is 7.47. The van der Waals surface area contributed by atoms with Crippen LogP contribution >= 0.6 is 0 Å². The van der Waals surface area contributed by atoms with Gasteiger partial charge < -0.3 is 8.83 Å². The van der Waals surface area contributed by atoms with E-state index in [1.54, 1.807) is 0 Å². The number of benzene rings is 8. The first kappa shape index (κ1) is 28.4. The second-order valence-electron chi connectivity index (χ2n) is 12.8. The molecule has 8 aromatic carbocycles. The Balaban J connectivity index is 1.38. The molecule has 10 rings (SSSR count). The lowest BCUT2D eigenvalue weighted by atomic mass is 9.93. The summed E-state index contributed by atoms with van der Waals surface area (Å²) in [6.45, 7) is 0. The second kappa shape index (κ2) is 11.5. The number of fused-ring (bicyclic) bond motifs is 6. The lowest BCUT2D eigenvalue weighted by Crippen LogP contribution is -1.84. The quantitative estimate of drug-likeness (QED) is 0.187. The molecule has 0 aliphatic carbocycles. The Bertz CT molecular complexity index is 2640. The molecule has 0 aliphatic heterocycles. The van der Waals surface area contributed by atoms with Crippen molar-refractivity contribution in [3.63, 3.8) is 0 Å². The molecule has 2 heteroatoms. The summed E-state index contributed by atoms with van der Waals surface area (Å²) in [7, 11) is 0. The summed E-state index contributed by atoms with van der Waals surface area (Å²) in [6.07, 6.45) is 0. The predicted molar refractivity (Wildman–Crippen MR) is 208 cm³/mol. The van der Waals surface area contributed by atoms with Gasteiger partial charge in [0.1, 0.15) is 22.3 Å². The molecule has 2 aromatic heterocycles. The Kier molecular flexibility index (Phi) is 6.53. The molecular weight excluding hydrogens is 609 g/mol. The van der Waals surface area contributed by atoms with Crippen molar-refractivity contribution in [2.75, 3.05) is 0 Å². The van der Waals surface area contributed by atoms with Gasteiger partial charge in [-0.25, -0.2) is 0 Å². The summed E-state index contributed by atoms with van der Waals surface area (Å²) in [5, 5.41) is 4.29. The van der Waals surface area contributed by atoms with Crippen molar-refractivity contribution in [3.05, 3.63) is 182 Å². The zero-order chi connectivity index (χ0) is 33.0. The van der Waals surface area contributed by atoms with Gasteiger partial charge in [0.05, 0.1) is 5.56 Å². The molecule has 50 heavy (non-hydrogen) atoms. The van der Waals surface area contributed by atoms with E-state index < -0.39 is 0 Å². The van der Waals surface area contributed by atoms with Gasteiger partial charge in [-0.15, -0.1) is 0 Å². The number of furan rings is 2. The van der Waals surface area contributed by atoms with Gasteiger partial charge in [-0.1, -0.05) is 152 Å². The second-order valence-corrected chi connectivity index (χ2v) is 12.8. The molecule has 10 aromatic rings. The predicted octanol–water partition coefficient (Wildman–Crippen LogP) is 13.8. The molecule has 2 heterocycles. The molecule has 0 amide bonds. The third-order valence-corrected chi connectivity index (χ3v) is 9.84. The minimum Gasteiger partial charge on any atom is -0.455 e. The van der Waals surface area contributed by atoms with Crippen LogP contribution in [0, 0.1) is 0 Å². The van der Waals surface area contributed by atoms with E-state index in [0.29, 0.717) is 0 Å². The first-order valence-electron chi connectivity index (χ1n) is 17.0. The maximum Gasteiger partial charge on any atom is 0.147 e. The highest BCUT2D eigenvalue weighted by atomic mass is 16.3. The van der Waals surface area contributed by atoms with Crippen molar-refractivity contribution in [2.45, 2.75) is 0 Å². The van der Waals surface area contributed by atoms with Crippen molar-refractivity contribution in [2.24, 2.45) is 0 Å². The molecule has 0 atom stereocenters. The smallest absolute Gasteiger partial charge is 0.147 e. The van der Waals surface area contributed by atoms with Gasteiger partial charge in [0.25, 0.3) is 0 Å². The topological polar surface area (TPSA) is 26.3 Å². The summed E-state index contributed by atoms with van der Waals surface area (Å²) >= 11 is 0. The van der Waals surface area contributed by atoms with Crippen molar-refractivity contribution < 1.29 is 8.83 Å². The Labute approximate surface area is 289 Å². The number of rotatable bonds is 5. The Morgan fingerprint density at radius 1 is 0.240 bits per heavy atom. The van der Waals surface area contributed by atoms with Crippen LogP contribution in [0.25, 0.3) is 99.5 Å². The van der Waals surface area contributed by atoms with Gasteiger partial charge in [-0.3, -0.25) is 0 Å². The van der Waals surface area contributed by atoms with E-state index in [1.165, 1.54) is 11.1 Å². The molecule has 0 aliphatic rings. The van der Waals surface area contributed by atoms with E-state index in [-0.39, 0.29) is 0 Å². The standard InChI is InChI=1S/C48H30O2/c1-6-16-31(17-7-1)36-26-38(33-20-10-3-11-21-33)45-40(28-36)42-30-43-41-29-37(32-18-8-2-9-19-32)27-39(34-22-12-4-13-23-34)46(41)50-48(43)44(47(42)49-45)35-24-14-5-15-25-35/h1-30H. The molecule has 0 saturated carbocycles. The summed E-state index contributed by atoms with van der Waals surface area (Å²) in [5.74, 6) is 0. The monoisotopic (exact) mass is 638 g/mol. The van der Waals surface area contributed by atoms with Gasteiger partial charge in [0.15, 0.2) is 0 Å². The number of hydrogen-bond acceptors (Lipinski definition) is 2. The molecule has 0 N–H and O–H groups in total. The lowest BCUT2D eigenvalue weighted by Gasteiger charge is -2.08. The van der Waals surface area contributed by atoms with Gasteiger partial charge in [0.2, 0.25) is 0 Å². The maximum absolute atomic E-state index is 7.07. The lowest BCUT2D eigenvalue weighted by molar-refractivity contribution is 0.659. The Morgan fingerprint density at radius 3 is 0.940 bits per heavy atom. The van der Waals surface area contributed by atoms with E-state index in [2.05, 4.69) is 182 Å².